The van der Waals surface area contributed by atoms with E-state index in [-0.39, 0.29) is 5.91 Å². The largest absolute Gasteiger partial charge is 0.495 e. The molecular formula is C25H25N5O2S. The first-order chi connectivity index (χ1) is 16.0. The third-order valence-electron chi connectivity index (χ3n) is 5.34. The topological polar surface area (TPSA) is 81.9 Å². The molecule has 0 aliphatic carbocycles. The number of aromatic nitrogens is 4. The van der Waals surface area contributed by atoms with Gasteiger partial charge >= 0.3 is 0 Å². The van der Waals surface area contributed by atoms with Crippen LogP contribution >= 0.6 is 11.8 Å². The number of methoxy groups -OCH3 is 1. The Morgan fingerprint density at radius 1 is 1.03 bits per heavy atom. The van der Waals surface area contributed by atoms with E-state index in [1.165, 1.54) is 22.9 Å². The van der Waals surface area contributed by atoms with E-state index in [2.05, 4.69) is 46.5 Å². The number of thioether (sulfide) groups is 1. The molecule has 4 aromatic rings. The van der Waals surface area contributed by atoms with E-state index in [4.69, 9.17) is 4.74 Å². The number of nitrogens with zero attached hydrogens (tertiary/aromatic N) is 4. The molecular weight excluding hydrogens is 434 g/mol. The lowest BCUT2D eigenvalue weighted by atomic mass is 10.1. The molecule has 2 aromatic heterocycles. The van der Waals surface area contributed by atoms with Gasteiger partial charge in [0.1, 0.15) is 5.75 Å². The van der Waals surface area contributed by atoms with Crippen LogP contribution in [0.15, 0.2) is 72.1 Å². The minimum Gasteiger partial charge on any atom is -0.495 e. The summed E-state index contributed by atoms with van der Waals surface area (Å²) in [7, 11) is 1.58. The zero-order chi connectivity index (χ0) is 23.4. The molecule has 1 atom stereocenters. The SMILES string of the molecule is COc1ccccc1NC(=O)C(C)Sc1nnc(-c2ccncc2)n1-c1ccc(C)c(C)c1. The highest BCUT2D eigenvalue weighted by molar-refractivity contribution is 8.00. The van der Waals surface area contributed by atoms with Crippen molar-refractivity contribution in [3.05, 3.63) is 78.1 Å². The van der Waals surface area contributed by atoms with Gasteiger partial charge in [-0.25, -0.2) is 0 Å². The second-order valence-electron chi connectivity index (χ2n) is 7.60. The van der Waals surface area contributed by atoms with Gasteiger partial charge in [-0.2, -0.15) is 0 Å². The number of carbonyl (C=O) groups excluding carboxylic acids is 1. The van der Waals surface area contributed by atoms with Crippen LogP contribution in [0.1, 0.15) is 18.1 Å². The van der Waals surface area contributed by atoms with E-state index < -0.39 is 5.25 Å². The minimum atomic E-state index is -0.422. The van der Waals surface area contributed by atoms with Crippen LogP contribution in [0.2, 0.25) is 0 Å². The van der Waals surface area contributed by atoms with Gasteiger partial charge in [0.15, 0.2) is 11.0 Å². The molecule has 1 unspecified atom stereocenters. The minimum absolute atomic E-state index is 0.149. The highest BCUT2D eigenvalue weighted by Gasteiger charge is 2.23. The van der Waals surface area contributed by atoms with Crippen LogP contribution in [0.25, 0.3) is 17.1 Å². The highest BCUT2D eigenvalue weighted by Crippen LogP contribution is 2.32. The predicted octanol–water partition coefficient (Wildman–Crippen LogP) is 5.07. The number of rotatable bonds is 7. The Labute approximate surface area is 197 Å². The molecule has 0 saturated heterocycles. The van der Waals surface area contributed by atoms with Gasteiger partial charge in [0, 0.05) is 18.0 Å². The van der Waals surface area contributed by atoms with Crippen molar-refractivity contribution in [3.63, 3.8) is 0 Å². The first-order valence-corrected chi connectivity index (χ1v) is 11.4. The van der Waals surface area contributed by atoms with E-state index >= 15 is 0 Å². The number of anilines is 1. The number of pyridine rings is 1. The van der Waals surface area contributed by atoms with Crippen LogP contribution in [0.5, 0.6) is 5.75 Å². The lowest BCUT2D eigenvalue weighted by Crippen LogP contribution is -2.23. The van der Waals surface area contributed by atoms with Crippen molar-refractivity contribution in [3.8, 4) is 22.8 Å². The van der Waals surface area contributed by atoms with Crippen LogP contribution in [0, 0.1) is 13.8 Å². The summed E-state index contributed by atoms with van der Waals surface area (Å²) in [5.74, 6) is 1.16. The molecule has 1 N–H and O–H groups in total. The molecule has 0 aliphatic heterocycles. The average molecular weight is 460 g/mol. The van der Waals surface area contributed by atoms with Crippen molar-refractivity contribution < 1.29 is 9.53 Å². The first kappa shape index (κ1) is 22.5. The number of hydrogen-bond acceptors (Lipinski definition) is 6. The highest BCUT2D eigenvalue weighted by atomic mass is 32.2. The molecule has 0 bridgehead atoms. The second-order valence-corrected chi connectivity index (χ2v) is 8.90. The quantitative estimate of drug-likeness (QED) is 0.389. The summed E-state index contributed by atoms with van der Waals surface area (Å²) in [4.78, 5) is 17.1. The maximum atomic E-state index is 13.0. The molecule has 2 aromatic carbocycles. The van der Waals surface area contributed by atoms with Gasteiger partial charge in [0.05, 0.1) is 23.7 Å². The number of carbonyl (C=O) groups is 1. The van der Waals surface area contributed by atoms with Crippen LogP contribution in [-0.2, 0) is 4.79 Å². The molecule has 1 amide bonds. The van der Waals surface area contributed by atoms with Gasteiger partial charge in [-0.15, -0.1) is 10.2 Å². The van der Waals surface area contributed by atoms with Crippen molar-refractivity contribution in [2.45, 2.75) is 31.2 Å². The maximum Gasteiger partial charge on any atom is 0.237 e. The molecule has 4 rings (SSSR count). The number of para-hydroxylation sites is 2. The van der Waals surface area contributed by atoms with Crippen molar-refractivity contribution >= 4 is 23.4 Å². The van der Waals surface area contributed by atoms with Crippen molar-refractivity contribution in [2.75, 3.05) is 12.4 Å². The summed E-state index contributed by atoms with van der Waals surface area (Å²) < 4.78 is 7.33. The van der Waals surface area contributed by atoms with E-state index in [0.29, 0.717) is 22.4 Å². The predicted molar refractivity (Wildman–Crippen MR) is 131 cm³/mol. The number of amides is 1. The summed E-state index contributed by atoms with van der Waals surface area (Å²) in [6.07, 6.45) is 3.45. The van der Waals surface area contributed by atoms with E-state index in [9.17, 15) is 4.79 Å². The Hall–Kier alpha value is -3.65. The standard InChI is InChI=1S/C25H25N5O2S/c1-16-9-10-20(15-17(16)2)30-23(19-11-13-26-14-12-19)28-29-25(30)33-18(3)24(31)27-21-7-5-6-8-22(21)32-4/h5-15,18H,1-4H3,(H,27,31). The Morgan fingerprint density at radius 3 is 2.52 bits per heavy atom. The first-order valence-electron chi connectivity index (χ1n) is 10.5. The lowest BCUT2D eigenvalue weighted by Gasteiger charge is -2.16. The smallest absolute Gasteiger partial charge is 0.237 e. The fourth-order valence-electron chi connectivity index (χ4n) is 3.33. The lowest BCUT2D eigenvalue weighted by molar-refractivity contribution is -0.115. The summed E-state index contributed by atoms with van der Waals surface area (Å²) in [6.45, 7) is 6.00. The molecule has 168 valence electrons. The Balaban J connectivity index is 1.66. The fraction of sp³-hybridized carbons (Fsp3) is 0.200. The zero-order valence-electron chi connectivity index (χ0n) is 18.9. The van der Waals surface area contributed by atoms with Gasteiger partial charge in [0.25, 0.3) is 0 Å². The van der Waals surface area contributed by atoms with Gasteiger partial charge in [-0.1, -0.05) is 30.0 Å². The Bertz CT molecular complexity index is 1270. The van der Waals surface area contributed by atoms with Gasteiger partial charge in [0.2, 0.25) is 5.91 Å². The monoisotopic (exact) mass is 459 g/mol. The number of benzene rings is 2. The molecule has 0 fully saturated rings. The maximum absolute atomic E-state index is 13.0. The van der Waals surface area contributed by atoms with E-state index in [0.717, 1.165) is 11.3 Å². The fourth-order valence-corrected chi connectivity index (χ4v) is 4.19. The normalized spacial score (nSPS) is 11.8. The average Bonchev–Trinajstić information content (AvgIpc) is 3.25. The van der Waals surface area contributed by atoms with Crippen molar-refractivity contribution in [1.82, 2.24) is 19.7 Å². The molecule has 0 radical (unpaired) electrons. The molecule has 33 heavy (non-hydrogen) atoms. The number of hydrogen-bond donors (Lipinski definition) is 1. The van der Waals surface area contributed by atoms with Crippen LogP contribution in [0.4, 0.5) is 5.69 Å². The molecule has 0 spiro atoms. The molecule has 0 saturated carbocycles. The van der Waals surface area contributed by atoms with Crippen LogP contribution < -0.4 is 10.1 Å². The molecule has 0 aliphatic rings. The molecule has 8 heteroatoms. The summed E-state index contributed by atoms with van der Waals surface area (Å²) >= 11 is 1.35. The van der Waals surface area contributed by atoms with Crippen LogP contribution in [0.3, 0.4) is 0 Å². The third-order valence-corrected chi connectivity index (χ3v) is 6.38. The molecule has 7 nitrogen and oxygen atoms in total. The second kappa shape index (κ2) is 9.87. The summed E-state index contributed by atoms with van der Waals surface area (Å²) in [5, 5.41) is 12.0. The zero-order valence-corrected chi connectivity index (χ0v) is 19.8. The summed E-state index contributed by atoms with van der Waals surface area (Å²) in [6, 6.07) is 17.4. The van der Waals surface area contributed by atoms with Gasteiger partial charge in [-0.05, 0) is 68.3 Å². The van der Waals surface area contributed by atoms with Crippen molar-refractivity contribution in [2.24, 2.45) is 0 Å². The van der Waals surface area contributed by atoms with Crippen LogP contribution in [-0.4, -0.2) is 38.0 Å². The third kappa shape index (κ3) is 4.90. The summed E-state index contributed by atoms with van der Waals surface area (Å²) in [5.41, 5.74) is 4.84. The van der Waals surface area contributed by atoms with E-state index in [1.807, 2.05) is 54.0 Å². The van der Waals surface area contributed by atoms with E-state index in [1.54, 1.807) is 19.5 Å². The Morgan fingerprint density at radius 2 is 1.79 bits per heavy atom. The van der Waals surface area contributed by atoms with Gasteiger partial charge in [-0.3, -0.25) is 14.3 Å². The van der Waals surface area contributed by atoms with Crippen molar-refractivity contribution in [1.29, 1.82) is 0 Å². The number of ether oxygens (including phenoxy) is 1. The molecule has 2 heterocycles. The van der Waals surface area contributed by atoms with Gasteiger partial charge < -0.3 is 10.1 Å². The Kier molecular flexibility index (Phi) is 6.74. The number of aryl methyl sites for hydroxylation is 2. The number of nitrogens with one attached hydrogen (secondary N) is 1.